The Labute approximate surface area is 107 Å². The number of hydrogen-bond acceptors (Lipinski definition) is 1. The largest absolute Gasteiger partial charge is 0.314 e. The molecule has 1 heteroatoms. The highest BCUT2D eigenvalue weighted by molar-refractivity contribution is 5.23. The first-order chi connectivity index (χ1) is 8.11. The zero-order valence-corrected chi connectivity index (χ0v) is 11.8. The van der Waals surface area contributed by atoms with Gasteiger partial charge in [-0.1, -0.05) is 58.4 Å². The molecule has 1 aromatic rings. The second-order valence-electron chi connectivity index (χ2n) is 5.44. The van der Waals surface area contributed by atoms with E-state index < -0.39 is 0 Å². The van der Waals surface area contributed by atoms with E-state index in [1.54, 1.807) is 0 Å². The van der Waals surface area contributed by atoms with Crippen LogP contribution in [0.4, 0.5) is 0 Å². The molecule has 0 aliphatic heterocycles. The Bertz CT molecular complexity index is 300. The van der Waals surface area contributed by atoms with Gasteiger partial charge in [-0.15, -0.1) is 0 Å². The minimum atomic E-state index is 0.587. The zero-order chi connectivity index (χ0) is 12.7. The van der Waals surface area contributed by atoms with E-state index in [1.165, 1.54) is 30.4 Å². The van der Waals surface area contributed by atoms with Gasteiger partial charge in [-0.2, -0.15) is 0 Å². The van der Waals surface area contributed by atoms with Gasteiger partial charge in [0, 0.05) is 6.04 Å². The van der Waals surface area contributed by atoms with E-state index in [9.17, 15) is 0 Å². The van der Waals surface area contributed by atoms with Gasteiger partial charge in [0.15, 0.2) is 0 Å². The fourth-order valence-corrected chi connectivity index (χ4v) is 2.04. The maximum Gasteiger partial charge on any atom is 0.00104 e. The third-order valence-corrected chi connectivity index (χ3v) is 3.02. The molecule has 1 nitrogen and oxygen atoms in total. The van der Waals surface area contributed by atoms with Crippen LogP contribution in [0.25, 0.3) is 0 Å². The van der Waals surface area contributed by atoms with Crippen molar-refractivity contribution < 1.29 is 0 Å². The van der Waals surface area contributed by atoms with Crippen molar-refractivity contribution in [1.29, 1.82) is 0 Å². The van der Waals surface area contributed by atoms with Gasteiger partial charge in [-0.3, -0.25) is 0 Å². The van der Waals surface area contributed by atoms with Crippen molar-refractivity contribution in [3.05, 3.63) is 35.4 Å². The van der Waals surface area contributed by atoms with Crippen LogP contribution in [0.1, 0.15) is 45.2 Å². The monoisotopic (exact) mass is 233 g/mol. The lowest BCUT2D eigenvalue weighted by atomic mass is 9.99. The van der Waals surface area contributed by atoms with Crippen molar-refractivity contribution in [2.45, 2.75) is 53.0 Å². The van der Waals surface area contributed by atoms with Crippen LogP contribution in [-0.4, -0.2) is 12.6 Å². The summed E-state index contributed by atoms with van der Waals surface area (Å²) in [5.41, 5.74) is 2.92. The van der Waals surface area contributed by atoms with Gasteiger partial charge in [0.1, 0.15) is 0 Å². The molecule has 1 N–H and O–H groups in total. The van der Waals surface area contributed by atoms with E-state index in [4.69, 9.17) is 0 Å². The number of nitrogens with one attached hydrogen (secondary N) is 1. The molecule has 0 bridgehead atoms. The van der Waals surface area contributed by atoms with Crippen LogP contribution in [0.2, 0.25) is 0 Å². The number of rotatable bonds is 7. The summed E-state index contributed by atoms with van der Waals surface area (Å²) in [6.45, 7) is 10.1. The van der Waals surface area contributed by atoms with Crippen LogP contribution < -0.4 is 5.32 Å². The molecule has 0 amide bonds. The fourth-order valence-electron chi connectivity index (χ4n) is 2.04. The highest BCUT2D eigenvalue weighted by Gasteiger charge is 2.04. The molecule has 17 heavy (non-hydrogen) atoms. The minimum absolute atomic E-state index is 0.587. The molecule has 1 rings (SSSR count). The van der Waals surface area contributed by atoms with E-state index in [1.807, 2.05) is 0 Å². The molecule has 1 atom stereocenters. The van der Waals surface area contributed by atoms with Gasteiger partial charge in [0.05, 0.1) is 0 Å². The predicted molar refractivity (Wildman–Crippen MR) is 76.4 cm³/mol. The van der Waals surface area contributed by atoms with Crippen LogP contribution in [0.3, 0.4) is 0 Å². The molecule has 1 aromatic carbocycles. The summed E-state index contributed by atoms with van der Waals surface area (Å²) >= 11 is 0. The van der Waals surface area contributed by atoms with E-state index in [0.717, 1.165) is 6.54 Å². The third-order valence-electron chi connectivity index (χ3n) is 3.02. The first-order valence-corrected chi connectivity index (χ1v) is 6.93. The summed E-state index contributed by atoms with van der Waals surface area (Å²) in [7, 11) is 0. The van der Waals surface area contributed by atoms with Crippen LogP contribution in [0, 0.1) is 5.92 Å². The fraction of sp³-hybridized carbons (Fsp3) is 0.625. The van der Waals surface area contributed by atoms with Crippen LogP contribution in [0.15, 0.2) is 24.3 Å². The molecule has 0 aliphatic carbocycles. The molecule has 0 aliphatic rings. The van der Waals surface area contributed by atoms with Crippen molar-refractivity contribution in [3.8, 4) is 0 Å². The number of hydrogen-bond donors (Lipinski definition) is 1. The molecule has 0 saturated heterocycles. The van der Waals surface area contributed by atoms with Crippen molar-refractivity contribution in [1.82, 2.24) is 5.32 Å². The van der Waals surface area contributed by atoms with Crippen LogP contribution >= 0.6 is 0 Å². The SMILES string of the molecule is CCCc1ccc(CC(C)CNC(C)C)cc1. The minimum Gasteiger partial charge on any atom is -0.314 e. The lowest BCUT2D eigenvalue weighted by Gasteiger charge is -2.15. The summed E-state index contributed by atoms with van der Waals surface area (Å²) < 4.78 is 0. The Morgan fingerprint density at radius 2 is 1.59 bits per heavy atom. The van der Waals surface area contributed by atoms with Crippen molar-refractivity contribution >= 4 is 0 Å². The molecular weight excluding hydrogens is 206 g/mol. The van der Waals surface area contributed by atoms with Gasteiger partial charge >= 0.3 is 0 Å². The Morgan fingerprint density at radius 1 is 1.00 bits per heavy atom. The van der Waals surface area contributed by atoms with E-state index in [0.29, 0.717) is 12.0 Å². The first kappa shape index (κ1) is 14.2. The van der Waals surface area contributed by atoms with Gasteiger partial charge in [0.25, 0.3) is 0 Å². The highest BCUT2D eigenvalue weighted by Crippen LogP contribution is 2.11. The molecule has 0 aromatic heterocycles. The normalized spacial score (nSPS) is 13.0. The number of aryl methyl sites for hydroxylation is 1. The van der Waals surface area contributed by atoms with Crippen molar-refractivity contribution in [3.63, 3.8) is 0 Å². The second-order valence-corrected chi connectivity index (χ2v) is 5.44. The quantitative estimate of drug-likeness (QED) is 0.755. The molecule has 0 fully saturated rings. The maximum atomic E-state index is 3.50. The standard InChI is InChI=1S/C16H27N/c1-5-6-15-7-9-16(10-8-15)11-14(4)12-17-13(2)3/h7-10,13-14,17H,5-6,11-12H2,1-4H3. The van der Waals surface area contributed by atoms with E-state index in [-0.39, 0.29) is 0 Å². The Morgan fingerprint density at radius 3 is 2.12 bits per heavy atom. The molecule has 1 unspecified atom stereocenters. The average molecular weight is 233 g/mol. The summed E-state index contributed by atoms with van der Waals surface area (Å²) in [5, 5.41) is 3.50. The second kappa shape index (κ2) is 7.50. The summed E-state index contributed by atoms with van der Waals surface area (Å²) in [6, 6.07) is 9.72. The van der Waals surface area contributed by atoms with Crippen LogP contribution in [-0.2, 0) is 12.8 Å². The number of benzene rings is 1. The molecule has 0 spiro atoms. The predicted octanol–water partition coefficient (Wildman–Crippen LogP) is 3.82. The van der Waals surface area contributed by atoms with Gasteiger partial charge in [0.2, 0.25) is 0 Å². The highest BCUT2D eigenvalue weighted by atomic mass is 14.9. The lowest BCUT2D eigenvalue weighted by Crippen LogP contribution is -2.28. The van der Waals surface area contributed by atoms with Crippen molar-refractivity contribution in [2.24, 2.45) is 5.92 Å². The average Bonchev–Trinajstić information content (AvgIpc) is 2.29. The molecule has 0 heterocycles. The van der Waals surface area contributed by atoms with E-state index in [2.05, 4.69) is 57.3 Å². The molecule has 96 valence electrons. The molecule has 0 radical (unpaired) electrons. The zero-order valence-electron chi connectivity index (χ0n) is 11.8. The maximum absolute atomic E-state index is 3.50. The smallest absolute Gasteiger partial charge is 0.00104 e. The third kappa shape index (κ3) is 5.88. The molecule has 0 saturated carbocycles. The van der Waals surface area contributed by atoms with Crippen LogP contribution in [0.5, 0.6) is 0 Å². The Balaban J connectivity index is 2.40. The Hall–Kier alpha value is -0.820. The summed E-state index contributed by atoms with van der Waals surface area (Å²) in [4.78, 5) is 0. The van der Waals surface area contributed by atoms with Gasteiger partial charge in [-0.05, 0) is 36.4 Å². The van der Waals surface area contributed by atoms with Gasteiger partial charge in [-0.25, -0.2) is 0 Å². The van der Waals surface area contributed by atoms with Gasteiger partial charge < -0.3 is 5.32 Å². The van der Waals surface area contributed by atoms with Crippen molar-refractivity contribution in [2.75, 3.05) is 6.54 Å². The lowest BCUT2D eigenvalue weighted by molar-refractivity contribution is 0.476. The first-order valence-electron chi connectivity index (χ1n) is 6.93. The van der Waals surface area contributed by atoms with E-state index >= 15 is 0 Å². The summed E-state index contributed by atoms with van der Waals surface area (Å²) in [5.74, 6) is 0.703. The summed E-state index contributed by atoms with van der Waals surface area (Å²) in [6.07, 6.45) is 3.60. The topological polar surface area (TPSA) is 12.0 Å². The molecular formula is C16H27N. The Kier molecular flexibility index (Phi) is 6.28.